The van der Waals surface area contributed by atoms with Crippen molar-refractivity contribution in [1.82, 2.24) is 4.90 Å². The van der Waals surface area contributed by atoms with Crippen LogP contribution in [0.1, 0.15) is 36.0 Å². The number of hydrogen-bond donors (Lipinski definition) is 0. The molecule has 3 heteroatoms. The maximum atomic E-state index is 12.9. The topological polar surface area (TPSA) is 44.1 Å². The van der Waals surface area contributed by atoms with E-state index >= 15 is 0 Å². The van der Waals surface area contributed by atoms with E-state index in [4.69, 9.17) is 5.26 Å². The summed E-state index contributed by atoms with van der Waals surface area (Å²) in [6, 6.07) is 16.1. The average molecular weight is 278 g/mol. The van der Waals surface area contributed by atoms with E-state index in [1.165, 1.54) is 0 Å². The van der Waals surface area contributed by atoms with Crippen LogP contribution in [0, 0.1) is 11.3 Å². The zero-order chi connectivity index (χ0) is 14.7. The molecule has 2 aromatic rings. The molecule has 0 bridgehead atoms. The Hall–Kier alpha value is -2.34. The van der Waals surface area contributed by atoms with E-state index < -0.39 is 0 Å². The third-order valence-corrected chi connectivity index (χ3v) is 4.29. The summed E-state index contributed by atoms with van der Waals surface area (Å²) in [6.07, 6.45) is 4.32. The largest absolute Gasteiger partial charge is 0.322 e. The van der Waals surface area contributed by atoms with Crippen molar-refractivity contribution in [3.63, 3.8) is 0 Å². The summed E-state index contributed by atoms with van der Waals surface area (Å²) in [5.74, 6) is -0.0137. The van der Waals surface area contributed by atoms with Gasteiger partial charge < -0.3 is 4.90 Å². The first-order chi connectivity index (χ1) is 10.3. The van der Waals surface area contributed by atoms with E-state index in [0.717, 1.165) is 36.5 Å². The molecule has 0 unspecified atom stereocenters. The van der Waals surface area contributed by atoms with E-state index in [1.54, 1.807) is 4.90 Å². The van der Waals surface area contributed by atoms with Gasteiger partial charge in [0.25, 0.3) is 5.91 Å². The second-order valence-electron chi connectivity index (χ2n) is 5.56. The van der Waals surface area contributed by atoms with Crippen molar-refractivity contribution in [2.75, 3.05) is 6.54 Å². The van der Waals surface area contributed by atoms with Gasteiger partial charge in [0.05, 0.1) is 6.07 Å². The monoisotopic (exact) mass is 278 g/mol. The molecule has 21 heavy (non-hydrogen) atoms. The van der Waals surface area contributed by atoms with Crippen LogP contribution in [0.3, 0.4) is 0 Å². The molecule has 1 aliphatic rings. The number of hydrogen-bond acceptors (Lipinski definition) is 2. The van der Waals surface area contributed by atoms with Crippen LogP contribution in [0.4, 0.5) is 0 Å². The summed E-state index contributed by atoms with van der Waals surface area (Å²) in [6.45, 7) is 0.173. The first-order valence-corrected chi connectivity index (χ1v) is 7.47. The lowest BCUT2D eigenvalue weighted by atomic mass is 10.0. The van der Waals surface area contributed by atoms with Crippen LogP contribution >= 0.6 is 0 Å². The summed E-state index contributed by atoms with van der Waals surface area (Å²) in [7, 11) is 0. The predicted molar refractivity (Wildman–Crippen MR) is 82.9 cm³/mol. The van der Waals surface area contributed by atoms with Gasteiger partial charge in [-0.1, -0.05) is 49.2 Å². The molecule has 2 aromatic carbocycles. The highest BCUT2D eigenvalue weighted by Crippen LogP contribution is 2.27. The van der Waals surface area contributed by atoms with Crippen molar-refractivity contribution in [2.24, 2.45) is 0 Å². The van der Waals surface area contributed by atoms with Crippen LogP contribution in [-0.2, 0) is 0 Å². The van der Waals surface area contributed by atoms with E-state index in [0.29, 0.717) is 5.56 Å². The Morgan fingerprint density at radius 1 is 1.14 bits per heavy atom. The summed E-state index contributed by atoms with van der Waals surface area (Å²) in [4.78, 5) is 14.7. The fourth-order valence-electron chi connectivity index (χ4n) is 3.23. The van der Waals surface area contributed by atoms with Gasteiger partial charge in [-0.3, -0.25) is 4.79 Å². The maximum Gasteiger partial charge on any atom is 0.255 e. The van der Waals surface area contributed by atoms with Crippen LogP contribution in [0.5, 0.6) is 0 Å². The molecule has 1 saturated carbocycles. The number of benzene rings is 2. The molecule has 0 heterocycles. The van der Waals surface area contributed by atoms with Gasteiger partial charge >= 0.3 is 0 Å². The van der Waals surface area contributed by atoms with Crippen molar-refractivity contribution < 1.29 is 4.79 Å². The fraction of sp³-hybridized carbons (Fsp3) is 0.333. The highest BCUT2D eigenvalue weighted by Gasteiger charge is 2.27. The molecule has 1 aliphatic carbocycles. The lowest BCUT2D eigenvalue weighted by Gasteiger charge is -2.27. The lowest BCUT2D eigenvalue weighted by Crippen LogP contribution is -2.39. The summed E-state index contributed by atoms with van der Waals surface area (Å²) in [5.41, 5.74) is 0.704. The summed E-state index contributed by atoms with van der Waals surface area (Å²) < 4.78 is 0. The van der Waals surface area contributed by atoms with Gasteiger partial charge in [-0.15, -0.1) is 0 Å². The number of carbonyl (C=O) groups excluding carboxylic acids is 1. The highest BCUT2D eigenvalue weighted by molar-refractivity contribution is 6.07. The second kappa shape index (κ2) is 5.97. The zero-order valence-corrected chi connectivity index (χ0v) is 12.0. The molecular formula is C18H18N2O. The number of carbonyl (C=O) groups is 1. The average Bonchev–Trinajstić information content (AvgIpc) is 3.05. The molecule has 1 amide bonds. The molecular weight excluding hydrogens is 260 g/mol. The van der Waals surface area contributed by atoms with Gasteiger partial charge in [0.2, 0.25) is 0 Å². The number of nitriles is 1. The minimum atomic E-state index is -0.0137. The van der Waals surface area contributed by atoms with Crippen molar-refractivity contribution in [1.29, 1.82) is 5.26 Å². The molecule has 0 saturated heterocycles. The molecule has 0 N–H and O–H groups in total. The Balaban J connectivity index is 1.99. The highest BCUT2D eigenvalue weighted by atomic mass is 16.2. The Kier molecular flexibility index (Phi) is 3.87. The Labute approximate surface area is 124 Å². The second-order valence-corrected chi connectivity index (χ2v) is 5.56. The molecule has 0 atom stereocenters. The smallest absolute Gasteiger partial charge is 0.255 e. The van der Waals surface area contributed by atoms with Gasteiger partial charge in [-0.2, -0.15) is 5.26 Å². The molecule has 0 spiro atoms. The third-order valence-electron chi connectivity index (χ3n) is 4.29. The van der Waals surface area contributed by atoms with Gasteiger partial charge in [-0.25, -0.2) is 0 Å². The zero-order valence-electron chi connectivity index (χ0n) is 12.0. The number of amides is 1. The van der Waals surface area contributed by atoms with Crippen LogP contribution < -0.4 is 0 Å². The molecule has 0 aromatic heterocycles. The first-order valence-electron chi connectivity index (χ1n) is 7.47. The number of fused-ring (bicyclic) bond motifs is 1. The Morgan fingerprint density at radius 2 is 1.86 bits per heavy atom. The molecule has 3 rings (SSSR count). The molecule has 3 nitrogen and oxygen atoms in total. The molecule has 106 valence electrons. The standard InChI is InChI=1S/C18H18N2O/c19-12-13-20(15-8-2-3-9-15)18(21)17-11-5-7-14-6-1-4-10-16(14)17/h1,4-7,10-11,15H,2-3,8-9,13H2. The Morgan fingerprint density at radius 3 is 2.62 bits per heavy atom. The van der Waals surface area contributed by atoms with Crippen molar-refractivity contribution >= 4 is 16.7 Å². The minimum Gasteiger partial charge on any atom is -0.322 e. The van der Waals surface area contributed by atoms with E-state index in [1.807, 2.05) is 42.5 Å². The summed E-state index contributed by atoms with van der Waals surface area (Å²) in [5, 5.41) is 11.1. The van der Waals surface area contributed by atoms with Gasteiger partial charge in [0, 0.05) is 11.6 Å². The normalized spacial score (nSPS) is 15.0. The minimum absolute atomic E-state index is 0.0137. The molecule has 0 aliphatic heterocycles. The van der Waals surface area contributed by atoms with Crippen LogP contribution in [0.25, 0.3) is 10.8 Å². The lowest BCUT2D eigenvalue weighted by molar-refractivity contribution is 0.0711. The van der Waals surface area contributed by atoms with Crippen LogP contribution in [0.2, 0.25) is 0 Å². The third kappa shape index (κ3) is 2.62. The molecule has 0 radical (unpaired) electrons. The van der Waals surface area contributed by atoms with Crippen LogP contribution in [0.15, 0.2) is 42.5 Å². The summed E-state index contributed by atoms with van der Waals surface area (Å²) >= 11 is 0. The van der Waals surface area contributed by atoms with E-state index in [-0.39, 0.29) is 18.5 Å². The van der Waals surface area contributed by atoms with E-state index in [9.17, 15) is 4.79 Å². The maximum absolute atomic E-state index is 12.9. The van der Waals surface area contributed by atoms with Gasteiger partial charge in [0.1, 0.15) is 6.54 Å². The van der Waals surface area contributed by atoms with Gasteiger partial charge in [0.15, 0.2) is 0 Å². The van der Waals surface area contributed by atoms with Gasteiger partial charge in [-0.05, 0) is 29.7 Å². The number of rotatable bonds is 3. The predicted octanol–water partition coefficient (Wildman–Crippen LogP) is 3.75. The fourth-order valence-corrected chi connectivity index (χ4v) is 3.23. The van der Waals surface area contributed by atoms with Crippen molar-refractivity contribution in [3.8, 4) is 6.07 Å². The SMILES string of the molecule is N#CCN(C(=O)c1cccc2ccccc12)C1CCCC1. The number of nitrogens with zero attached hydrogens (tertiary/aromatic N) is 2. The quantitative estimate of drug-likeness (QED) is 0.803. The van der Waals surface area contributed by atoms with Crippen molar-refractivity contribution in [3.05, 3.63) is 48.0 Å². The molecule has 1 fully saturated rings. The Bertz CT molecular complexity index is 690. The first kappa shape index (κ1) is 13.6. The van der Waals surface area contributed by atoms with E-state index in [2.05, 4.69) is 6.07 Å². The van der Waals surface area contributed by atoms with Crippen LogP contribution in [-0.4, -0.2) is 23.4 Å². The van der Waals surface area contributed by atoms with Crippen molar-refractivity contribution in [2.45, 2.75) is 31.7 Å².